The minimum atomic E-state index is -0.811. The summed E-state index contributed by atoms with van der Waals surface area (Å²) in [4.78, 5) is 37.6. The lowest BCUT2D eigenvalue weighted by Gasteiger charge is -2.18. The average molecular weight is 771 g/mol. The monoisotopic (exact) mass is 771 g/mol. The largest absolute Gasteiger partial charge is 0.462 e. The van der Waals surface area contributed by atoms with Crippen LogP contribution in [-0.4, -0.2) is 37.2 Å². The standard InChI is InChI=1S/C49H86O6/c1-4-7-10-13-16-19-21-23-24-26-27-30-33-36-39-42-48(51)54-45-46(44-53-47(50)41-38-35-32-29-18-15-12-9-6-3)55-49(52)43-40-37-34-31-28-25-22-20-17-14-11-8-5-2/h9,12,18,25,28-29,35,38,46H,4-8,10-11,13-17,19-24,26-27,30-34,36-37,39-45H2,1-3H3/b12-9-,28-25-,29-18-,38-35-. The Morgan fingerprint density at radius 2 is 0.782 bits per heavy atom. The quantitative estimate of drug-likeness (QED) is 0.0267. The lowest BCUT2D eigenvalue weighted by Crippen LogP contribution is -2.30. The van der Waals surface area contributed by atoms with Crippen LogP contribution in [-0.2, 0) is 28.6 Å². The van der Waals surface area contributed by atoms with E-state index in [4.69, 9.17) is 14.2 Å². The van der Waals surface area contributed by atoms with Crippen LogP contribution in [0.1, 0.15) is 226 Å². The van der Waals surface area contributed by atoms with Gasteiger partial charge in [-0.3, -0.25) is 14.4 Å². The van der Waals surface area contributed by atoms with E-state index in [0.717, 1.165) is 70.6 Å². The molecule has 318 valence electrons. The summed E-state index contributed by atoms with van der Waals surface area (Å²) in [5, 5.41) is 0. The molecule has 0 aromatic rings. The minimum absolute atomic E-state index is 0.104. The van der Waals surface area contributed by atoms with E-state index in [0.29, 0.717) is 12.8 Å². The van der Waals surface area contributed by atoms with Crippen molar-refractivity contribution in [3.8, 4) is 0 Å². The molecule has 0 heterocycles. The van der Waals surface area contributed by atoms with Gasteiger partial charge < -0.3 is 14.2 Å². The van der Waals surface area contributed by atoms with Crippen molar-refractivity contribution in [2.75, 3.05) is 13.2 Å². The maximum atomic E-state index is 12.7. The van der Waals surface area contributed by atoms with E-state index in [9.17, 15) is 14.4 Å². The van der Waals surface area contributed by atoms with E-state index in [1.165, 1.54) is 116 Å². The molecule has 0 rings (SSSR count). The van der Waals surface area contributed by atoms with Gasteiger partial charge in [-0.25, -0.2) is 0 Å². The van der Waals surface area contributed by atoms with Crippen LogP contribution in [0.25, 0.3) is 0 Å². The Balaban J connectivity index is 4.40. The molecule has 0 amide bonds. The first-order chi connectivity index (χ1) is 27.0. The fraction of sp³-hybridized carbons (Fsp3) is 0.776. The second-order valence-corrected chi connectivity index (χ2v) is 15.3. The predicted octanol–water partition coefficient (Wildman–Crippen LogP) is 14.8. The van der Waals surface area contributed by atoms with Crippen LogP contribution in [0, 0.1) is 0 Å². The highest BCUT2D eigenvalue weighted by molar-refractivity contribution is 5.72. The highest BCUT2D eigenvalue weighted by Gasteiger charge is 2.19. The Morgan fingerprint density at radius 3 is 1.27 bits per heavy atom. The Hall–Kier alpha value is -2.63. The van der Waals surface area contributed by atoms with Crippen LogP contribution in [0.5, 0.6) is 0 Å². The molecule has 0 aromatic heterocycles. The number of hydrogen-bond acceptors (Lipinski definition) is 6. The SMILES string of the molecule is CC/C=C\C/C=C\C/C=C\CC(=O)OCC(COC(=O)CCCCCCCCCCCCCCCCC)OC(=O)CCCCC/C=C\CCCCCCCC. The van der Waals surface area contributed by atoms with Crippen molar-refractivity contribution in [1.82, 2.24) is 0 Å². The highest BCUT2D eigenvalue weighted by Crippen LogP contribution is 2.15. The molecule has 0 radical (unpaired) electrons. The van der Waals surface area contributed by atoms with Crippen molar-refractivity contribution in [3.05, 3.63) is 48.6 Å². The highest BCUT2D eigenvalue weighted by atomic mass is 16.6. The third-order valence-electron chi connectivity index (χ3n) is 9.85. The summed E-state index contributed by atoms with van der Waals surface area (Å²) >= 11 is 0. The van der Waals surface area contributed by atoms with Crippen molar-refractivity contribution < 1.29 is 28.6 Å². The minimum Gasteiger partial charge on any atom is -0.462 e. The second-order valence-electron chi connectivity index (χ2n) is 15.3. The molecule has 0 N–H and O–H groups in total. The molecule has 0 aliphatic heterocycles. The summed E-state index contributed by atoms with van der Waals surface area (Å²) in [5.41, 5.74) is 0. The van der Waals surface area contributed by atoms with Crippen LogP contribution in [0.4, 0.5) is 0 Å². The van der Waals surface area contributed by atoms with Crippen LogP contribution < -0.4 is 0 Å². The lowest BCUT2D eigenvalue weighted by atomic mass is 10.0. The van der Waals surface area contributed by atoms with E-state index in [2.05, 4.69) is 57.2 Å². The fourth-order valence-corrected chi connectivity index (χ4v) is 6.38. The van der Waals surface area contributed by atoms with Crippen LogP contribution in [0.2, 0.25) is 0 Å². The summed E-state index contributed by atoms with van der Waals surface area (Å²) in [7, 11) is 0. The van der Waals surface area contributed by atoms with Gasteiger partial charge in [0.1, 0.15) is 13.2 Å². The molecule has 6 nitrogen and oxygen atoms in total. The predicted molar refractivity (Wildman–Crippen MR) is 233 cm³/mol. The maximum absolute atomic E-state index is 12.7. The summed E-state index contributed by atoms with van der Waals surface area (Å²) in [6, 6.07) is 0. The van der Waals surface area contributed by atoms with E-state index in [-0.39, 0.29) is 31.6 Å². The molecule has 55 heavy (non-hydrogen) atoms. The zero-order valence-corrected chi connectivity index (χ0v) is 36.2. The lowest BCUT2D eigenvalue weighted by molar-refractivity contribution is -0.166. The van der Waals surface area contributed by atoms with Crippen LogP contribution >= 0.6 is 0 Å². The number of unbranched alkanes of at least 4 members (excludes halogenated alkanes) is 23. The Kier molecular flexibility index (Phi) is 42.0. The van der Waals surface area contributed by atoms with Gasteiger partial charge in [-0.05, 0) is 57.8 Å². The molecule has 6 heteroatoms. The summed E-state index contributed by atoms with van der Waals surface area (Å²) in [6.45, 7) is 6.40. The third-order valence-corrected chi connectivity index (χ3v) is 9.85. The van der Waals surface area contributed by atoms with E-state index in [1.807, 2.05) is 6.08 Å². The van der Waals surface area contributed by atoms with Crippen LogP contribution in [0.15, 0.2) is 48.6 Å². The zero-order valence-electron chi connectivity index (χ0n) is 36.2. The van der Waals surface area contributed by atoms with Gasteiger partial charge in [0.2, 0.25) is 0 Å². The van der Waals surface area contributed by atoms with Crippen molar-refractivity contribution >= 4 is 17.9 Å². The maximum Gasteiger partial charge on any atom is 0.309 e. The molecule has 0 fully saturated rings. The summed E-state index contributed by atoms with van der Waals surface area (Å²) < 4.78 is 16.6. The van der Waals surface area contributed by atoms with E-state index in [1.54, 1.807) is 6.08 Å². The molecule has 0 bridgehead atoms. The van der Waals surface area contributed by atoms with Crippen molar-refractivity contribution in [2.24, 2.45) is 0 Å². The first kappa shape index (κ1) is 52.4. The second kappa shape index (κ2) is 44.1. The summed E-state index contributed by atoms with van der Waals surface area (Å²) in [5.74, 6) is -1.05. The summed E-state index contributed by atoms with van der Waals surface area (Å²) in [6.07, 6.45) is 51.3. The zero-order chi connectivity index (χ0) is 40.1. The molecule has 0 spiro atoms. The Bertz CT molecular complexity index is 980. The van der Waals surface area contributed by atoms with Crippen molar-refractivity contribution in [1.29, 1.82) is 0 Å². The molecular formula is C49H86O6. The van der Waals surface area contributed by atoms with Gasteiger partial charge in [0.25, 0.3) is 0 Å². The molecule has 0 aliphatic rings. The fourth-order valence-electron chi connectivity index (χ4n) is 6.38. The average Bonchev–Trinajstić information content (AvgIpc) is 3.18. The number of carbonyl (C=O) groups excluding carboxylic acids is 3. The topological polar surface area (TPSA) is 78.9 Å². The van der Waals surface area contributed by atoms with Gasteiger partial charge in [-0.15, -0.1) is 0 Å². The number of carbonyl (C=O) groups is 3. The number of esters is 3. The van der Waals surface area contributed by atoms with Gasteiger partial charge in [0.05, 0.1) is 6.42 Å². The van der Waals surface area contributed by atoms with Gasteiger partial charge in [0.15, 0.2) is 6.10 Å². The molecule has 0 aliphatic carbocycles. The molecule has 0 aromatic carbocycles. The number of ether oxygens (including phenoxy) is 3. The van der Waals surface area contributed by atoms with Gasteiger partial charge in [-0.1, -0.05) is 198 Å². The normalized spacial score (nSPS) is 12.4. The molecule has 0 saturated heterocycles. The molecular weight excluding hydrogens is 685 g/mol. The Labute approximate surface area is 339 Å². The van der Waals surface area contributed by atoms with Gasteiger partial charge in [-0.2, -0.15) is 0 Å². The molecule has 0 saturated carbocycles. The smallest absolute Gasteiger partial charge is 0.309 e. The number of hydrogen-bond donors (Lipinski definition) is 0. The van der Waals surface area contributed by atoms with Gasteiger partial charge >= 0.3 is 17.9 Å². The van der Waals surface area contributed by atoms with Crippen molar-refractivity contribution in [3.63, 3.8) is 0 Å². The molecule has 1 atom stereocenters. The number of rotatable bonds is 41. The van der Waals surface area contributed by atoms with E-state index >= 15 is 0 Å². The van der Waals surface area contributed by atoms with Gasteiger partial charge in [0, 0.05) is 12.8 Å². The molecule has 1 unspecified atom stereocenters. The Morgan fingerprint density at radius 1 is 0.400 bits per heavy atom. The van der Waals surface area contributed by atoms with E-state index < -0.39 is 12.1 Å². The van der Waals surface area contributed by atoms with Crippen LogP contribution in [0.3, 0.4) is 0 Å². The number of allylic oxidation sites excluding steroid dienone is 7. The van der Waals surface area contributed by atoms with Crippen molar-refractivity contribution in [2.45, 2.75) is 232 Å². The third kappa shape index (κ3) is 42.4. The first-order valence-corrected chi connectivity index (χ1v) is 23.1. The first-order valence-electron chi connectivity index (χ1n) is 23.1.